The zero-order valence-corrected chi connectivity index (χ0v) is 9.78. The van der Waals surface area contributed by atoms with E-state index in [1.807, 2.05) is 6.08 Å². The summed E-state index contributed by atoms with van der Waals surface area (Å²) in [4.78, 5) is 2.65. The maximum absolute atomic E-state index is 3.66. The van der Waals surface area contributed by atoms with Gasteiger partial charge < -0.3 is 5.32 Å². The molecule has 0 aromatic heterocycles. The predicted molar refractivity (Wildman–Crippen MR) is 66.4 cm³/mol. The largest absolute Gasteiger partial charge is 0.312 e. The van der Waals surface area contributed by atoms with E-state index in [0.717, 1.165) is 18.6 Å². The Hall–Kier alpha value is -0.820. The summed E-state index contributed by atoms with van der Waals surface area (Å²) in [6, 6.07) is 1.52. The number of hydrogen-bond donors (Lipinski definition) is 1. The fraction of sp³-hybridized carbons (Fsp3) is 0.643. The molecule has 3 rings (SSSR count). The van der Waals surface area contributed by atoms with Gasteiger partial charge in [0.05, 0.1) is 0 Å². The van der Waals surface area contributed by atoms with Gasteiger partial charge in [-0.15, -0.1) is 5.73 Å². The van der Waals surface area contributed by atoms with Crippen molar-refractivity contribution in [2.45, 2.75) is 37.8 Å². The van der Waals surface area contributed by atoms with E-state index >= 15 is 0 Å². The average molecular weight is 216 g/mol. The van der Waals surface area contributed by atoms with Crippen molar-refractivity contribution in [3.63, 3.8) is 0 Å². The average Bonchev–Trinajstić information content (AvgIpc) is 2.98. The maximum atomic E-state index is 3.66. The van der Waals surface area contributed by atoms with E-state index in [2.05, 4.69) is 28.1 Å². The molecule has 0 saturated carbocycles. The Morgan fingerprint density at radius 1 is 1.38 bits per heavy atom. The van der Waals surface area contributed by atoms with E-state index < -0.39 is 0 Å². The lowest BCUT2D eigenvalue weighted by atomic mass is 10.0. The summed E-state index contributed by atoms with van der Waals surface area (Å²) in [5, 5.41) is 3.66. The number of nitrogens with zero attached hydrogens (tertiary/aromatic N) is 1. The first kappa shape index (κ1) is 10.3. The number of hydrogen-bond acceptors (Lipinski definition) is 2. The third-order valence-electron chi connectivity index (χ3n) is 4.01. The lowest BCUT2D eigenvalue weighted by Gasteiger charge is -2.29. The molecule has 16 heavy (non-hydrogen) atoms. The minimum atomic E-state index is 0.748. The first-order valence-corrected chi connectivity index (χ1v) is 6.53. The van der Waals surface area contributed by atoms with E-state index in [1.165, 1.54) is 44.3 Å². The van der Waals surface area contributed by atoms with Crippen LogP contribution in [0.2, 0.25) is 0 Å². The Bertz CT molecular complexity index is 344. The topological polar surface area (TPSA) is 15.3 Å². The van der Waals surface area contributed by atoms with Crippen molar-refractivity contribution in [2.75, 3.05) is 19.6 Å². The van der Waals surface area contributed by atoms with Crippen molar-refractivity contribution in [3.05, 3.63) is 29.5 Å². The molecule has 2 nitrogen and oxygen atoms in total. The number of allylic oxidation sites excluding steroid dienone is 1. The monoisotopic (exact) mass is 216 g/mol. The Labute approximate surface area is 97.7 Å². The molecule has 2 saturated heterocycles. The second-order valence-electron chi connectivity index (χ2n) is 5.08. The molecule has 0 unspecified atom stereocenters. The van der Waals surface area contributed by atoms with Crippen molar-refractivity contribution in [1.29, 1.82) is 0 Å². The molecular formula is C14H20N2. The van der Waals surface area contributed by atoms with Crippen molar-refractivity contribution in [2.24, 2.45) is 0 Å². The molecule has 0 bridgehead atoms. The molecule has 2 atom stereocenters. The Morgan fingerprint density at radius 2 is 2.38 bits per heavy atom. The fourth-order valence-electron chi connectivity index (χ4n) is 3.23. The summed E-state index contributed by atoms with van der Waals surface area (Å²) in [7, 11) is 0. The van der Waals surface area contributed by atoms with Gasteiger partial charge in [-0.3, -0.25) is 4.90 Å². The van der Waals surface area contributed by atoms with Gasteiger partial charge in [0.25, 0.3) is 0 Å². The van der Waals surface area contributed by atoms with Crippen LogP contribution in [-0.4, -0.2) is 36.6 Å². The van der Waals surface area contributed by atoms with E-state index in [0.29, 0.717) is 0 Å². The van der Waals surface area contributed by atoms with Crippen LogP contribution < -0.4 is 5.32 Å². The Morgan fingerprint density at radius 3 is 3.12 bits per heavy atom. The predicted octanol–water partition coefficient (Wildman–Crippen LogP) is 1.85. The zero-order valence-electron chi connectivity index (χ0n) is 9.78. The van der Waals surface area contributed by atoms with Gasteiger partial charge in [-0.2, -0.15) is 0 Å². The zero-order chi connectivity index (χ0) is 10.8. The number of nitrogens with one attached hydrogen (secondary N) is 1. The maximum Gasteiger partial charge on any atom is 0.0310 e. The normalized spacial score (nSPS) is 33.9. The minimum Gasteiger partial charge on any atom is -0.312 e. The molecule has 0 spiro atoms. The van der Waals surface area contributed by atoms with E-state index in [9.17, 15) is 0 Å². The lowest BCUT2D eigenvalue weighted by molar-refractivity contribution is 0.232. The smallest absolute Gasteiger partial charge is 0.0310 e. The molecule has 2 fully saturated rings. The minimum absolute atomic E-state index is 0.748. The molecule has 0 aromatic rings. The van der Waals surface area contributed by atoms with Crippen LogP contribution in [-0.2, 0) is 0 Å². The second kappa shape index (κ2) is 4.58. The van der Waals surface area contributed by atoms with Crippen molar-refractivity contribution in [3.8, 4) is 0 Å². The van der Waals surface area contributed by atoms with Crippen molar-refractivity contribution in [1.82, 2.24) is 10.2 Å². The standard InChI is InChI=1S/C14H20N2/c1-2-6-12(5-1)11-16-10-4-8-14(16)13-7-3-9-15-13/h1-2,5,13-15H,3-4,7-11H2/t13-,14-/m0/s1. The first-order chi connectivity index (χ1) is 7.93. The SMILES string of the molecule is C1=CC=CC=1CN1CCC[C@H]1[C@@H]1CCCN1. The number of rotatable bonds is 3. The van der Waals surface area contributed by atoms with E-state index in [4.69, 9.17) is 0 Å². The quantitative estimate of drug-likeness (QED) is 0.724. The Balaban J connectivity index is 1.64. The van der Waals surface area contributed by atoms with Gasteiger partial charge in [0.2, 0.25) is 0 Å². The van der Waals surface area contributed by atoms with Gasteiger partial charge in [0.1, 0.15) is 0 Å². The van der Waals surface area contributed by atoms with Gasteiger partial charge in [-0.1, -0.05) is 6.08 Å². The highest BCUT2D eigenvalue weighted by Gasteiger charge is 2.33. The fourth-order valence-corrected chi connectivity index (χ4v) is 3.23. The summed E-state index contributed by atoms with van der Waals surface area (Å²) in [5.41, 5.74) is 4.66. The molecule has 2 heteroatoms. The summed E-state index contributed by atoms with van der Waals surface area (Å²) in [5.74, 6) is 0. The van der Waals surface area contributed by atoms with Gasteiger partial charge in [-0.25, -0.2) is 0 Å². The molecule has 0 radical (unpaired) electrons. The Kier molecular flexibility index (Phi) is 2.96. The van der Waals surface area contributed by atoms with Crippen LogP contribution in [0.4, 0.5) is 0 Å². The molecule has 3 aliphatic rings. The van der Waals surface area contributed by atoms with Gasteiger partial charge >= 0.3 is 0 Å². The van der Waals surface area contributed by atoms with Crippen LogP contribution >= 0.6 is 0 Å². The summed E-state index contributed by atoms with van der Waals surface area (Å²) in [6.45, 7) is 3.58. The molecule has 0 amide bonds. The van der Waals surface area contributed by atoms with Crippen LogP contribution in [0.15, 0.2) is 29.5 Å². The van der Waals surface area contributed by atoms with Crippen molar-refractivity contribution < 1.29 is 0 Å². The second-order valence-corrected chi connectivity index (χ2v) is 5.08. The van der Waals surface area contributed by atoms with Crippen LogP contribution in [0, 0.1) is 0 Å². The van der Waals surface area contributed by atoms with Gasteiger partial charge in [-0.05, 0) is 50.9 Å². The summed E-state index contributed by atoms with van der Waals surface area (Å²) in [6.07, 6.45) is 11.8. The van der Waals surface area contributed by atoms with Crippen LogP contribution in [0.3, 0.4) is 0 Å². The number of likely N-dealkylation sites (tertiary alicyclic amines) is 1. The molecular weight excluding hydrogens is 196 g/mol. The highest BCUT2D eigenvalue weighted by Crippen LogP contribution is 2.25. The van der Waals surface area contributed by atoms with Crippen LogP contribution in [0.25, 0.3) is 0 Å². The molecule has 1 aliphatic carbocycles. The van der Waals surface area contributed by atoms with E-state index in [-0.39, 0.29) is 0 Å². The summed E-state index contributed by atoms with van der Waals surface area (Å²) >= 11 is 0. The summed E-state index contributed by atoms with van der Waals surface area (Å²) < 4.78 is 0. The lowest BCUT2D eigenvalue weighted by Crippen LogP contribution is -2.44. The molecule has 2 aliphatic heterocycles. The van der Waals surface area contributed by atoms with Gasteiger partial charge in [0.15, 0.2) is 0 Å². The first-order valence-electron chi connectivity index (χ1n) is 6.53. The van der Waals surface area contributed by atoms with Crippen LogP contribution in [0.5, 0.6) is 0 Å². The highest BCUT2D eigenvalue weighted by molar-refractivity contribution is 5.30. The third kappa shape index (κ3) is 2.01. The molecule has 86 valence electrons. The van der Waals surface area contributed by atoms with Gasteiger partial charge in [0, 0.05) is 24.2 Å². The van der Waals surface area contributed by atoms with E-state index in [1.54, 1.807) is 0 Å². The highest BCUT2D eigenvalue weighted by atomic mass is 15.2. The molecule has 2 heterocycles. The third-order valence-corrected chi connectivity index (χ3v) is 4.01. The molecule has 0 aromatic carbocycles. The van der Waals surface area contributed by atoms with Crippen LogP contribution in [0.1, 0.15) is 25.7 Å². The van der Waals surface area contributed by atoms with Crippen molar-refractivity contribution >= 4 is 0 Å². The molecule has 1 N–H and O–H groups in total.